The van der Waals surface area contributed by atoms with Gasteiger partial charge in [0.25, 0.3) is 0 Å². The van der Waals surface area contributed by atoms with Gasteiger partial charge in [-0.25, -0.2) is 0 Å². The lowest BCUT2D eigenvalue weighted by Gasteiger charge is -2.13. The predicted molar refractivity (Wildman–Crippen MR) is 79.0 cm³/mol. The van der Waals surface area contributed by atoms with E-state index in [2.05, 4.69) is 47.7 Å². The van der Waals surface area contributed by atoms with Gasteiger partial charge in [-0.05, 0) is 46.7 Å². The molecule has 0 radical (unpaired) electrons. The van der Waals surface area contributed by atoms with Crippen LogP contribution in [0.5, 0.6) is 0 Å². The number of aliphatic hydroxyl groups is 1. The molecule has 2 aromatic rings. The highest BCUT2D eigenvalue weighted by Crippen LogP contribution is 2.23. The van der Waals surface area contributed by atoms with Crippen LogP contribution in [0.15, 0.2) is 48.5 Å². The Kier molecular flexibility index (Phi) is 4.18. The molecule has 1 atom stereocenters. The first-order chi connectivity index (χ1) is 8.16. The normalized spacial score (nSPS) is 12.4. The first-order valence-electron chi connectivity index (χ1n) is 5.65. The average molecular weight is 338 g/mol. The van der Waals surface area contributed by atoms with E-state index in [1.54, 1.807) is 0 Å². The molecule has 1 unspecified atom stereocenters. The first kappa shape index (κ1) is 12.6. The van der Waals surface area contributed by atoms with Crippen molar-refractivity contribution in [1.29, 1.82) is 0 Å². The van der Waals surface area contributed by atoms with E-state index in [1.165, 1.54) is 11.1 Å². The largest absolute Gasteiger partial charge is 0.388 e. The molecule has 0 aromatic heterocycles. The Labute approximate surface area is 116 Å². The van der Waals surface area contributed by atoms with Gasteiger partial charge in [-0.3, -0.25) is 0 Å². The number of benzene rings is 2. The number of hydrogen-bond acceptors (Lipinski definition) is 1. The van der Waals surface area contributed by atoms with Crippen molar-refractivity contribution in [3.8, 4) is 0 Å². The van der Waals surface area contributed by atoms with E-state index < -0.39 is 6.10 Å². The maximum Gasteiger partial charge on any atom is 0.0840 e. The van der Waals surface area contributed by atoms with Crippen LogP contribution in [0.3, 0.4) is 0 Å². The molecule has 88 valence electrons. The summed E-state index contributed by atoms with van der Waals surface area (Å²) in [5, 5.41) is 10.2. The fourth-order valence-corrected chi connectivity index (χ4v) is 2.66. The van der Waals surface area contributed by atoms with Crippen molar-refractivity contribution in [2.75, 3.05) is 0 Å². The summed E-state index contributed by atoms with van der Waals surface area (Å²) in [5.74, 6) is 0. The zero-order chi connectivity index (χ0) is 12.3. The molecule has 0 aliphatic carbocycles. The molecule has 0 heterocycles. The van der Waals surface area contributed by atoms with E-state index in [1.807, 2.05) is 30.3 Å². The summed E-state index contributed by atoms with van der Waals surface area (Å²) in [4.78, 5) is 0. The molecular formula is C15H15IO. The van der Waals surface area contributed by atoms with E-state index in [9.17, 15) is 5.11 Å². The fourth-order valence-electron chi connectivity index (χ4n) is 1.92. The summed E-state index contributed by atoms with van der Waals surface area (Å²) >= 11 is 2.27. The lowest BCUT2D eigenvalue weighted by Crippen LogP contribution is -2.03. The summed E-state index contributed by atoms with van der Waals surface area (Å²) in [6.07, 6.45) is 0.242. The van der Waals surface area contributed by atoms with Crippen LogP contribution in [0.25, 0.3) is 0 Å². The van der Waals surface area contributed by atoms with E-state index in [0.717, 1.165) is 9.13 Å². The summed E-state index contributed by atoms with van der Waals surface area (Å²) in [7, 11) is 0. The van der Waals surface area contributed by atoms with E-state index in [-0.39, 0.29) is 0 Å². The zero-order valence-electron chi connectivity index (χ0n) is 9.73. The second-order valence-electron chi connectivity index (χ2n) is 4.23. The van der Waals surface area contributed by atoms with Gasteiger partial charge < -0.3 is 5.11 Å². The molecule has 2 aromatic carbocycles. The van der Waals surface area contributed by atoms with Gasteiger partial charge in [0.2, 0.25) is 0 Å². The minimum absolute atomic E-state index is 0.426. The molecule has 1 nitrogen and oxygen atoms in total. The van der Waals surface area contributed by atoms with Crippen LogP contribution in [0.4, 0.5) is 0 Å². The minimum Gasteiger partial charge on any atom is -0.388 e. The summed E-state index contributed by atoms with van der Waals surface area (Å²) in [6, 6.07) is 16.3. The molecule has 0 aliphatic rings. The third-order valence-electron chi connectivity index (χ3n) is 2.78. The molecule has 0 aliphatic heterocycles. The van der Waals surface area contributed by atoms with Crippen molar-refractivity contribution in [2.45, 2.75) is 19.4 Å². The lowest BCUT2D eigenvalue weighted by molar-refractivity contribution is 0.177. The molecule has 0 spiro atoms. The Morgan fingerprint density at radius 1 is 1.12 bits per heavy atom. The standard InChI is InChI=1S/C15H15IO/c1-11-5-4-6-12(9-11)10-15(17)13-7-2-3-8-14(13)16/h2-9,15,17H,10H2,1H3. The summed E-state index contributed by atoms with van der Waals surface area (Å²) < 4.78 is 1.12. The molecule has 17 heavy (non-hydrogen) atoms. The van der Waals surface area contributed by atoms with Gasteiger partial charge in [-0.15, -0.1) is 0 Å². The van der Waals surface area contributed by atoms with Crippen molar-refractivity contribution in [3.63, 3.8) is 0 Å². The maximum atomic E-state index is 10.2. The average Bonchev–Trinajstić information content (AvgIpc) is 2.29. The van der Waals surface area contributed by atoms with Gasteiger partial charge in [0.1, 0.15) is 0 Å². The highest BCUT2D eigenvalue weighted by molar-refractivity contribution is 14.1. The van der Waals surface area contributed by atoms with Gasteiger partial charge in [-0.1, -0.05) is 48.0 Å². The highest BCUT2D eigenvalue weighted by Gasteiger charge is 2.11. The van der Waals surface area contributed by atoms with Crippen molar-refractivity contribution < 1.29 is 5.11 Å². The van der Waals surface area contributed by atoms with Crippen molar-refractivity contribution >= 4 is 22.6 Å². The molecule has 2 rings (SSSR count). The second-order valence-corrected chi connectivity index (χ2v) is 5.39. The third kappa shape index (κ3) is 3.30. The predicted octanol–water partition coefficient (Wildman–Crippen LogP) is 3.88. The molecule has 2 heteroatoms. The van der Waals surface area contributed by atoms with Gasteiger partial charge >= 0.3 is 0 Å². The molecule has 0 fully saturated rings. The quantitative estimate of drug-likeness (QED) is 0.843. The number of halogens is 1. The molecular weight excluding hydrogens is 323 g/mol. The Bertz CT molecular complexity index is 508. The molecule has 0 amide bonds. The van der Waals surface area contributed by atoms with E-state index in [4.69, 9.17) is 0 Å². The Balaban J connectivity index is 2.17. The van der Waals surface area contributed by atoms with Gasteiger partial charge in [-0.2, -0.15) is 0 Å². The Morgan fingerprint density at radius 3 is 2.59 bits per heavy atom. The molecule has 0 saturated heterocycles. The summed E-state index contributed by atoms with van der Waals surface area (Å²) in [5.41, 5.74) is 3.42. The topological polar surface area (TPSA) is 20.2 Å². The number of aliphatic hydroxyl groups excluding tert-OH is 1. The highest BCUT2D eigenvalue weighted by atomic mass is 127. The third-order valence-corrected chi connectivity index (χ3v) is 3.76. The van der Waals surface area contributed by atoms with Gasteiger partial charge in [0, 0.05) is 9.99 Å². The Morgan fingerprint density at radius 2 is 1.88 bits per heavy atom. The van der Waals surface area contributed by atoms with Crippen LogP contribution in [-0.4, -0.2) is 5.11 Å². The van der Waals surface area contributed by atoms with Crippen LogP contribution < -0.4 is 0 Å². The van der Waals surface area contributed by atoms with E-state index in [0.29, 0.717) is 6.42 Å². The van der Waals surface area contributed by atoms with Crippen molar-refractivity contribution in [3.05, 3.63) is 68.8 Å². The number of rotatable bonds is 3. The number of aryl methyl sites for hydroxylation is 1. The maximum absolute atomic E-state index is 10.2. The van der Waals surface area contributed by atoms with Crippen LogP contribution in [0.2, 0.25) is 0 Å². The zero-order valence-corrected chi connectivity index (χ0v) is 11.9. The van der Waals surface area contributed by atoms with Crippen LogP contribution in [0.1, 0.15) is 22.8 Å². The van der Waals surface area contributed by atoms with Gasteiger partial charge in [0.15, 0.2) is 0 Å². The number of hydrogen-bond donors (Lipinski definition) is 1. The minimum atomic E-state index is -0.426. The van der Waals surface area contributed by atoms with Crippen LogP contribution in [0, 0.1) is 10.5 Å². The lowest BCUT2D eigenvalue weighted by atomic mass is 10.0. The van der Waals surface area contributed by atoms with Crippen LogP contribution >= 0.6 is 22.6 Å². The van der Waals surface area contributed by atoms with Crippen molar-refractivity contribution in [1.82, 2.24) is 0 Å². The van der Waals surface area contributed by atoms with Gasteiger partial charge in [0.05, 0.1) is 6.10 Å². The summed E-state index contributed by atoms with van der Waals surface area (Å²) in [6.45, 7) is 2.07. The molecule has 1 N–H and O–H groups in total. The second kappa shape index (κ2) is 5.65. The fraction of sp³-hybridized carbons (Fsp3) is 0.200. The molecule has 0 bridgehead atoms. The Hall–Kier alpha value is -0.870. The van der Waals surface area contributed by atoms with E-state index >= 15 is 0 Å². The monoisotopic (exact) mass is 338 g/mol. The van der Waals surface area contributed by atoms with Crippen molar-refractivity contribution in [2.24, 2.45) is 0 Å². The smallest absolute Gasteiger partial charge is 0.0840 e. The van der Waals surface area contributed by atoms with Crippen LogP contribution in [-0.2, 0) is 6.42 Å². The first-order valence-corrected chi connectivity index (χ1v) is 6.73. The molecule has 0 saturated carbocycles. The SMILES string of the molecule is Cc1cccc(CC(O)c2ccccc2I)c1.